The number of rotatable bonds is 1. The van der Waals surface area contributed by atoms with Crippen LogP contribution in [0.15, 0.2) is 0 Å². The standard InChI is InChI=1S/C7H11I3/c1-4-2-6(9)7(10)5(4)3-8/h4-7H,2-3H2,1H3. The van der Waals surface area contributed by atoms with Gasteiger partial charge in [-0.2, -0.15) is 0 Å². The van der Waals surface area contributed by atoms with Gasteiger partial charge in [0.15, 0.2) is 0 Å². The largest absolute Gasteiger partial charge is 0.0860 e. The fourth-order valence-corrected chi connectivity index (χ4v) is 6.46. The first-order valence-electron chi connectivity index (χ1n) is 3.51. The maximum atomic E-state index is 2.62. The van der Waals surface area contributed by atoms with E-state index in [1.807, 2.05) is 0 Å². The molecule has 1 aliphatic carbocycles. The van der Waals surface area contributed by atoms with Crippen molar-refractivity contribution in [2.45, 2.75) is 21.2 Å². The highest BCUT2D eigenvalue weighted by molar-refractivity contribution is 14.1. The summed E-state index contributed by atoms with van der Waals surface area (Å²) in [4.78, 5) is 0. The van der Waals surface area contributed by atoms with Crippen LogP contribution in [0.2, 0.25) is 0 Å². The lowest BCUT2D eigenvalue weighted by Gasteiger charge is -2.15. The van der Waals surface area contributed by atoms with Crippen LogP contribution in [0.1, 0.15) is 13.3 Å². The maximum Gasteiger partial charge on any atom is 0.0266 e. The zero-order valence-corrected chi connectivity index (χ0v) is 12.3. The van der Waals surface area contributed by atoms with E-state index < -0.39 is 0 Å². The Bertz CT molecular complexity index is 115. The smallest absolute Gasteiger partial charge is 0.0266 e. The fraction of sp³-hybridized carbons (Fsp3) is 1.00. The number of hydrogen-bond acceptors (Lipinski definition) is 0. The van der Waals surface area contributed by atoms with Crippen molar-refractivity contribution in [3.63, 3.8) is 0 Å². The molecule has 10 heavy (non-hydrogen) atoms. The highest BCUT2D eigenvalue weighted by Crippen LogP contribution is 2.41. The van der Waals surface area contributed by atoms with E-state index in [4.69, 9.17) is 0 Å². The van der Waals surface area contributed by atoms with Crippen molar-refractivity contribution in [1.29, 1.82) is 0 Å². The van der Waals surface area contributed by atoms with Crippen LogP contribution in [-0.2, 0) is 0 Å². The van der Waals surface area contributed by atoms with Gasteiger partial charge in [-0.3, -0.25) is 0 Å². The molecule has 0 aromatic carbocycles. The van der Waals surface area contributed by atoms with Crippen LogP contribution in [0, 0.1) is 11.8 Å². The Morgan fingerprint density at radius 2 is 2.00 bits per heavy atom. The Labute approximate surface area is 104 Å². The van der Waals surface area contributed by atoms with E-state index >= 15 is 0 Å². The lowest BCUT2D eigenvalue weighted by atomic mass is 10.0. The average molecular weight is 476 g/mol. The SMILES string of the molecule is CC1CC(I)C(I)C1CI. The molecule has 0 radical (unpaired) electrons. The number of hydrogen-bond donors (Lipinski definition) is 0. The summed E-state index contributed by atoms with van der Waals surface area (Å²) < 4.78 is 3.18. The minimum absolute atomic E-state index is 0.921. The van der Waals surface area contributed by atoms with Gasteiger partial charge in [-0.05, 0) is 18.3 Å². The molecule has 4 atom stereocenters. The molecule has 0 saturated heterocycles. The summed E-state index contributed by atoms with van der Waals surface area (Å²) in [5.41, 5.74) is 0. The molecular formula is C7H11I3. The molecule has 60 valence electrons. The first-order valence-corrected chi connectivity index (χ1v) is 7.52. The van der Waals surface area contributed by atoms with Crippen LogP contribution in [0.25, 0.3) is 0 Å². The first-order chi connectivity index (χ1) is 4.66. The van der Waals surface area contributed by atoms with Gasteiger partial charge in [-0.25, -0.2) is 0 Å². The third-order valence-corrected chi connectivity index (χ3v) is 7.73. The second-order valence-electron chi connectivity index (χ2n) is 2.99. The average Bonchev–Trinajstić information content (AvgIpc) is 2.09. The molecule has 1 saturated carbocycles. The molecule has 1 aliphatic rings. The maximum absolute atomic E-state index is 2.62. The van der Waals surface area contributed by atoms with Gasteiger partial charge in [0.25, 0.3) is 0 Å². The van der Waals surface area contributed by atoms with Crippen LogP contribution in [0.4, 0.5) is 0 Å². The molecule has 0 aromatic rings. The molecule has 3 heteroatoms. The van der Waals surface area contributed by atoms with Crippen molar-refractivity contribution in [1.82, 2.24) is 0 Å². The Morgan fingerprint density at radius 1 is 1.40 bits per heavy atom. The van der Waals surface area contributed by atoms with Crippen LogP contribution < -0.4 is 0 Å². The second kappa shape index (κ2) is 4.43. The Kier molecular flexibility index (Phi) is 4.55. The lowest BCUT2D eigenvalue weighted by Crippen LogP contribution is -2.17. The zero-order chi connectivity index (χ0) is 7.72. The van der Waals surface area contributed by atoms with Crippen molar-refractivity contribution in [2.24, 2.45) is 11.8 Å². The summed E-state index contributed by atoms with van der Waals surface area (Å²) in [6, 6.07) is 0. The molecule has 0 spiro atoms. The molecular weight excluding hydrogens is 465 g/mol. The van der Waals surface area contributed by atoms with Crippen LogP contribution in [-0.4, -0.2) is 12.3 Å². The normalized spacial score (nSPS) is 48.0. The van der Waals surface area contributed by atoms with Gasteiger partial charge in [-0.15, -0.1) is 0 Å². The molecule has 0 aromatic heterocycles. The Morgan fingerprint density at radius 3 is 2.20 bits per heavy atom. The Hall–Kier alpha value is 2.19. The van der Waals surface area contributed by atoms with Gasteiger partial charge in [0.05, 0.1) is 0 Å². The second-order valence-corrected chi connectivity index (χ2v) is 6.91. The highest BCUT2D eigenvalue weighted by atomic mass is 127. The summed E-state index contributed by atoms with van der Waals surface area (Å²) in [5, 5.41) is 0. The minimum Gasteiger partial charge on any atom is -0.0860 e. The van der Waals surface area contributed by atoms with Gasteiger partial charge in [0.1, 0.15) is 0 Å². The summed E-state index contributed by atoms with van der Waals surface area (Å²) in [7, 11) is 0. The van der Waals surface area contributed by atoms with E-state index in [0.29, 0.717) is 0 Å². The topological polar surface area (TPSA) is 0 Å². The molecule has 0 bridgehead atoms. The molecule has 0 nitrogen and oxygen atoms in total. The Balaban J connectivity index is 2.55. The fourth-order valence-electron chi connectivity index (χ4n) is 1.48. The summed E-state index contributed by atoms with van der Waals surface area (Å²) in [6.45, 7) is 2.40. The third-order valence-electron chi connectivity index (χ3n) is 2.26. The van der Waals surface area contributed by atoms with Gasteiger partial charge in [0.2, 0.25) is 0 Å². The predicted molar refractivity (Wildman–Crippen MR) is 71.8 cm³/mol. The van der Waals surface area contributed by atoms with Gasteiger partial charge in [0, 0.05) is 12.3 Å². The van der Waals surface area contributed by atoms with E-state index in [2.05, 4.69) is 74.7 Å². The molecule has 0 aliphatic heterocycles. The minimum atomic E-state index is 0.921. The molecule has 0 N–H and O–H groups in total. The summed E-state index contributed by atoms with van der Waals surface area (Å²) in [6.07, 6.45) is 1.43. The van der Waals surface area contributed by atoms with E-state index in [9.17, 15) is 0 Å². The van der Waals surface area contributed by atoms with Crippen molar-refractivity contribution in [2.75, 3.05) is 4.43 Å². The van der Waals surface area contributed by atoms with E-state index in [0.717, 1.165) is 19.7 Å². The molecule has 4 unspecified atom stereocenters. The molecule has 1 fully saturated rings. The van der Waals surface area contributed by atoms with Crippen LogP contribution in [0.3, 0.4) is 0 Å². The van der Waals surface area contributed by atoms with Gasteiger partial charge in [-0.1, -0.05) is 74.7 Å². The molecule has 0 heterocycles. The van der Waals surface area contributed by atoms with Crippen LogP contribution >= 0.6 is 67.8 Å². The highest BCUT2D eigenvalue weighted by Gasteiger charge is 2.36. The van der Waals surface area contributed by atoms with Crippen molar-refractivity contribution >= 4 is 67.8 Å². The van der Waals surface area contributed by atoms with E-state index in [1.165, 1.54) is 10.8 Å². The molecule has 1 rings (SSSR count). The van der Waals surface area contributed by atoms with Crippen molar-refractivity contribution in [3.8, 4) is 0 Å². The van der Waals surface area contributed by atoms with E-state index in [-0.39, 0.29) is 0 Å². The summed E-state index contributed by atoms with van der Waals surface area (Å²) >= 11 is 7.75. The summed E-state index contributed by atoms with van der Waals surface area (Å²) in [5.74, 6) is 1.93. The molecule has 0 amide bonds. The number of halogens is 3. The van der Waals surface area contributed by atoms with Crippen molar-refractivity contribution in [3.05, 3.63) is 0 Å². The van der Waals surface area contributed by atoms with Crippen molar-refractivity contribution < 1.29 is 0 Å². The lowest BCUT2D eigenvalue weighted by molar-refractivity contribution is 0.481. The van der Waals surface area contributed by atoms with Crippen LogP contribution in [0.5, 0.6) is 0 Å². The monoisotopic (exact) mass is 476 g/mol. The van der Waals surface area contributed by atoms with E-state index in [1.54, 1.807) is 0 Å². The predicted octanol–water partition coefficient (Wildman–Crippen LogP) is 3.68. The number of alkyl halides is 3. The van der Waals surface area contributed by atoms with Gasteiger partial charge < -0.3 is 0 Å². The first kappa shape index (κ1) is 10.3. The van der Waals surface area contributed by atoms with Gasteiger partial charge >= 0.3 is 0 Å². The third kappa shape index (κ3) is 2.11. The quantitative estimate of drug-likeness (QED) is 0.401. The zero-order valence-electron chi connectivity index (χ0n) is 5.86.